The third-order valence-electron chi connectivity index (χ3n) is 4.37. The Labute approximate surface area is 161 Å². The van der Waals surface area contributed by atoms with Crippen LogP contribution in [0.2, 0.25) is 0 Å². The first-order valence-electron chi connectivity index (χ1n) is 9.67. The minimum atomic E-state index is -1.88. The highest BCUT2D eigenvalue weighted by Crippen LogP contribution is 2.24. The molecular weight excluding hydrogens is 346 g/mol. The summed E-state index contributed by atoms with van der Waals surface area (Å²) < 4.78 is 10.0. The van der Waals surface area contributed by atoms with Gasteiger partial charge < -0.3 is 14.8 Å². The molecule has 0 heterocycles. The maximum atomic E-state index is 12.4. The van der Waals surface area contributed by atoms with Gasteiger partial charge in [0.1, 0.15) is 0 Å². The van der Waals surface area contributed by atoms with Crippen molar-refractivity contribution in [1.82, 2.24) is 5.32 Å². The molecule has 27 heavy (non-hydrogen) atoms. The van der Waals surface area contributed by atoms with Crippen LogP contribution in [-0.4, -0.2) is 36.6 Å². The lowest BCUT2D eigenvalue weighted by atomic mass is 9.89. The van der Waals surface area contributed by atoms with Crippen LogP contribution in [0.3, 0.4) is 0 Å². The van der Waals surface area contributed by atoms with E-state index < -0.39 is 23.4 Å². The van der Waals surface area contributed by atoms with E-state index in [1.165, 1.54) is 39.0 Å². The summed E-state index contributed by atoms with van der Waals surface area (Å²) in [6.45, 7) is 4.69. The van der Waals surface area contributed by atoms with E-state index in [0.717, 1.165) is 0 Å². The molecule has 0 aromatic heterocycles. The molecular formula is C21H31NO5. The van der Waals surface area contributed by atoms with Gasteiger partial charge in [0.05, 0.1) is 13.2 Å². The Morgan fingerprint density at radius 2 is 1.67 bits per heavy atom. The van der Waals surface area contributed by atoms with E-state index in [2.05, 4.69) is 17.1 Å². The third-order valence-corrected chi connectivity index (χ3v) is 4.37. The molecule has 1 aliphatic rings. The molecule has 1 amide bonds. The van der Waals surface area contributed by atoms with Crippen LogP contribution in [0.15, 0.2) is 30.0 Å². The summed E-state index contributed by atoms with van der Waals surface area (Å²) in [5.41, 5.74) is 1.25. The zero-order valence-corrected chi connectivity index (χ0v) is 16.6. The van der Waals surface area contributed by atoms with Crippen LogP contribution in [0.5, 0.6) is 0 Å². The van der Waals surface area contributed by atoms with Gasteiger partial charge in [0.15, 0.2) is 0 Å². The number of amides is 1. The molecule has 0 saturated heterocycles. The Morgan fingerprint density at radius 3 is 2.19 bits per heavy atom. The summed E-state index contributed by atoms with van der Waals surface area (Å²) in [5.74, 6) is -1.60. The Balaban J connectivity index is 2.90. The lowest BCUT2D eigenvalue weighted by Gasteiger charge is -2.28. The number of allylic oxidation sites excluding steroid dienone is 2. The Morgan fingerprint density at radius 1 is 1.07 bits per heavy atom. The molecule has 0 unspecified atom stereocenters. The topological polar surface area (TPSA) is 81.7 Å². The van der Waals surface area contributed by atoms with E-state index >= 15 is 0 Å². The normalized spacial score (nSPS) is 14.9. The first-order valence-corrected chi connectivity index (χ1v) is 9.67. The van der Waals surface area contributed by atoms with Gasteiger partial charge in [-0.25, -0.2) is 9.59 Å². The van der Waals surface area contributed by atoms with Gasteiger partial charge in [-0.3, -0.25) is 4.79 Å². The number of hydrogen-bond donors (Lipinski definition) is 1. The van der Waals surface area contributed by atoms with E-state index in [1.54, 1.807) is 32.1 Å². The Hall–Kier alpha value is -2.33. The number of hydrogen-bond acceptors (Lipinski definition) is 5. The molecule has 0 aromatic rings. The fourth-order valence-electron chi connectivity index (χ4n) is 3.07. The van der Waals surface area contributed by atoms with Gasteiger partial charge in [-0.15, -0.1) is 5.73 Å². The third kappa shape index (κ3) is 7.43. The average Bonchev–Trinajstić information content (AvgIpc) is 2.64. The maximum absolute atomic E-state index is 12.4. The summed E-state index contributed by atoms with van der Waals surface area (Å²) in [7, 11) is 0. The minimum Gasteiger partial charge on any atom is -0.464 e. The second kappa shape index (κ2) is 12.1. The van der Waals surface area contributed by atoms with E-state index in [9.17, 15) is 14.4 Å². The van der Waals surface area contributed by atoms with Gasteiger partial charge in [-0.2, -0.15) is 0 Å². The second-order valence-electron chi connectivity index (χ2n) is 6.56. The molecule has 1 aliphatic carbocycles. The van der Waals surface area contributed by atoms with Crippen LogP contribution in [0.1, 0.15) is 59.3 Å². The lowest BCUT2D eigenvalue weighted by molar-refractivity contribution is -0.167. The molecule has 1 saturated carbocycles. The fourth-order valence-corrected chi connectivity index (χ4v) is 3.07. The summed E-state index contributed by atoms with van der Waals surface area (Å²) in [6, 6.07) is 0. The molecule has 1 N–H and O–H groups in total. The summed E-state index contributed by atoms with van der Waals surface area (Å²) >= 11 is 0. The predicted molar refractivity (Wildman–Crippen MR) is 103 cm³/mol. The average molecular weight is 377 g/mol. The number of ether oxygens (including phenoxy) is 2. The molecule has 6 heteroatoms. The van der Waals surface area contributed by atoms with Crippen molar-refractivity contribution in [3.63, 3.8) is 0 Å². The number of nitrogens with one attached hydrogen (secondary N) is 1. The second-order valence-corrected chi connectivity index (χ2v) is 6.56. The van der Waals surface area contributed by atoms with Gasteiger partial charge in [0.25, 0.3) is 0 Å². The summed E-state index contributed by atoms with van der Waals surface area (Å²) in [4.78, 5) is 36.5. The number of carbonyl (C=O) groups is 3. The fraction of sp³-hybridized carbons (Fsp3) is 0.619. The first-order chi connectivity index (χ1) is 13.0. The van der Waals surface area contributed by atoms with E-state index in [0.29, 0.717) is 5.92 Å². The van der Waals surface area contributed by atoms with Crippen LogP contribution < -0.4 is 5.32 Å². The van der Waals surface area contributed by atoms with Crippen LogP contribution in [-0.2, 0) is 23.9 Å². The van der Waals surface area contributed by atoms with Crippen LogP contribution in [0, 0.1) is 5.92 Å². The first kappa shape index (κ1) is 22.7. The van der Waals surface area contributed by atoms with E-state index in [1.807, 2.05) is 0 Å². The van der Waals surface area contributed by atoms with Crippen molar-refractivity contribution in [3.05, 3.63) is 30.0 Å². The zero-order valence-electron chi connectivity index (χ0n) is 16.6. The standard InChI is InChI=1S/C21H31NO5/c1-4-26-19(24)21(22-17(3)23,20(25)27-5-2)16-12-7-6-9-13-18-14-10-8-11-15-18/h6-7,12-13,18H,4-5,8,10-11,14-16H2,1-3H3,(H,22,23)/b12-7+. The minimum absolute atomic E-state index is 0.0636. The Bertz CT molecular complexity index is 578. The van der Waals surface area contributed by atoms with Gasteiger partial charge in [0, 0.05) is 13.3 Å². The van der Waals surface area contributed by atoms with Crippen molar-refractivity contribution in [2.75, 3.05) is 13.2 Å². The van der Waals surface area contributed by atoms with Crippen molar-refractivity contribution >= 4 is 17.8 Å². The van der Waals surface area contributed by atoms with Crippen molar-refractivity contribution in [2.45, 2.75) is 64.8 Å². The molecule has 6 nitrogen and oxygen atoms in total. The van der Waals surface area contributed by atoms with Crippen LogP contribution in [0.25, 0.3) is 0 Å². The maximum Gasteiger partial charge on any atom is 0.344 e. The Kier molecular flexibility index (Phi) is 10.2. The van der Waals surface area contributed by atoms with Crippen molar-refractivity contribution in [1.29, 1.82) is 0 Å². The van der Waals surface area contributed by atoms with Gasteiger partial charge in [0.2, 0.25) is 11.4 Å². The molecule has 150 valence electrons. The van der Waals surface area contributed by atoms with Gasteiger partial charge >= 0.3 is 11.9 Å². The highest BCUT2D eigenvalue weighted by atomic mass is 16.6. The molecule has 1 fully saturated rings. The molecule has 0 bridgehead atoms. The smallest absolute Gasteiger partial charge is 0.344 e. The quantitative estimate of drug-likeness (QED) is 0.289. The monoisotopic (exact) mass is 377 g/mol. The predicted octanol–water partition coefficient (Wildman–Crippen LogP) is 3.23. The molecule has 0 aliphatic heterocycles. The molecule has 0 spiro atoms. The van der Waals surface area contributed by atoms with Crippen molar-refractivity contribution in [3.8, 4) is 0 Å². The van der Waals surface area contributed by atoms with Crippen LogP contribution in [0.4, 0.5) is 0 Å². The highest BCUT2D eigenvalue weighted by molar-refractivity contribution is 6.07. The van der Waals surface area contributed by atoms with Gasteiger partial charge in [-0.05, 0) is 44.8 Å². The van der Waals surface area contributed by atoms with Crippen LogP contribution >= 0.6 is 0 Å². The van der Waals surface area contributed by atoms with E-state index in [-0.39, 0.29) is 19.6 Å². The van der Waals surface area contributed by atoms with Gasteiger partial charge in [-0.1, -0.05) is 31.4 Å². The summed E-state index contributed by atoms with van der Waals surface area (Å²) in [6.07, 6.45) is 13.3. The van der Waals surface area contributed by atoms with Crippen molar-refractivity contribution in [2.24, 2.45) is 5.92 Å². The number of carbonyl (C=O) groups excluding carboxylic acids is 3. The summed E-state index contributed by atoms with van der Waals surface area (Å²) in [5, 5.41) is 2.42. The van der Waals surface area contributed by atoms with E-state index in [4.69, 9.17) is 9.47 Å². The lowest BCUT2D eigenvalue weighted by Crippen LogP contribution is -2.60. The largest absolute Gasteiger partial charge is 0.464 e. The SMILES string of the molecule is CCOC(=O)C(C/C=C/C=C=CC1CCCCC1)(NC(C)=O)C(=O)OCC. The molecule has 0 radical (unpaired) electrons. The highest BCUT2D eigenvalue weighted by Gasteiger charge is 2.49. The molecule has 0 atom stereocenters. The molecule has 0 aromatic carbocycles. The zero-order chi connectivity index (χ0) is 20.1. The number of esters is 2. The number of rotatable bonds is 9. The van der Waals surface area contributed by atoms with Crippen molar-refractivity contribution < 1.29 is 23.9 Å². The molecule has 1 rings (SSSR count).